The van der Waals surface area contributed by atoms with Gasteiger partial charge in [0.2, 0.25) is 5.91 Å². The number of hydrogen-bond acceptors (Lipinski definition) is 5. The third kappa shape index (κ3) is 4.16. The molecule has 3 heterocycles. The topological polar surface area (TPSA) is 65.7 Å². The Morgan fingerprint density at radius 1 is 1.10 bits per heavy atom. The molecule has 1 amide bonds. The number of aromatic nitrogens is 1. The van der Waals surface area contributed by atoms with Gasteiger partial charge in [0.05, 0.1) is 17.9 Å². The zero-order valence-electron chi connectivity index (χ0n) is 17.5. The number of benzene rings is 1. The molecule has 2 atom stereocenters. The molecular weight excluding hydrogens is 398 g/mol. The Morgan fingerprint density at radius 3 is 2.30 bits per heavy atom. The summed E-state index contributed by atoms with van der Waals surface area (Å²) >= 11 is 6.04. The van der Waals surface area contributed by atoms with Crippen LogP contribution >= 0.6 is 11.6 Å². The minimum Gasteiger partial charge on any atom is -0.397 e. The van der Waals surface area contributed by atoms with Crippen molar-refractivity contribution >= 4 is 28.9 Å². The molecule has 0 aliphatic carbocycles. The summed E-state index contributed by atoms with van der Waals surface area (Å²) in [4.78, 5) is 23.8. The molecule has 0 unspecified atom stereocenters. The number of likely N-dealkylation sites (tertiary alicyclic amines) is 1. The Morgan fingerprint density at radius 2 is 1.70 bits per heavy atom. The molecule has 2 bridgehead atoms. The van der Waals surface area contributed by atoms with Gasteiger partial charge in [-0.2, -0.15) is 0 Å². The number of halogens is 1. The molecule has 4 rings (SSSR count). The van der Waals surface area contributed by atoms with Gasteiger partial charge in [-0.05, 0) is 49.7 Å². The summed E-state index contributed by atoms with van der Waals surface area (Å²) in [6.07, 6.45) is 5.65. The first-order chi connectivity index (χ1) is 14.4. The van der Waals surface area contributed by atoms with Crippen LogP contribution in [0.25, 0.3) is 11.4 Å². The van der Waals surface area contributed by atoms with Gasteiger partial charge in [0.1, 0.15) is 0 Å². The van der Waals surface area contributed by atoms with Crippen molar-refractivity contribution in [1.29, 1.82) is 0 Å². The number of nitrogens with two attached hydrogens (primary N) is 1. The first kappa shape index (κ1) is 20.7. The fraction of sp³-hybridized carbons (Fsp3) is 0.391. The van der Waals surface area contributed by atoms with Crippen LogP contribution in [0.1, 0.15) is 24.0 Å². The molecule has 0 spiro atoms. The van der Waals surface area contributed by atoms with Crippen LogP contribution in [-0.4, -0.2) is 71.4 Å². The van der Waals surface area contributed by atoms with Crippen molar-refractivity contribution < 1.29 is 4.79 Å². The van der Waals surface area contributed by atoms with Crippen molar-refractivity contribution in [3.63, 3.8) is 0 Å². The molecule has 2 fully saturated rings. The van der Waals surface area contributed by atoms with E-state index in [1.165, 1.54) is 0 Å². The van der Waals surface area contributed by atoms with E-state index in [2.05, 4.69) is 21.8 Å². The fourth-order valence-corrected chi connectivity index (χ4v) is 4.87. The third-order valence-electron chi connectivity index (χ3n) is 6.07. The molecule has 1 aromatic carbocycles. The number of rotatable bonds is 5. The van der Waals surface area contributed by atoms with Gasteiger partial charge in [-0.3, -0.25) is 9.78 Å². The maximum absolute atomic E-state index is 13.3. The van der Waals surface area contributed by atoms with Gasteiger partial charge >= 0.3 is 0 Å². The molecule has 0 saturated carbocycles. The second kappa shape index (κ2) is 8.66. The number of amides is 1. The van der Waals surface area contributed by atoms with E-state index in [1.54, 1.807) is 12.4 Å². The van der Waals surface area contributed by atoms with E-state index in [0.717, 1.165) is 42.8 Å². The van der Waals surface area contributed by atoms with Gasteiger partial charge in [0.15, 0.2) is 0 Å². The van der Waals surface area contributed by atoms with Crippen molar-refractivity contribution in [2.24, 2.45) is 5.73 Å². The second-order valence-corrected chi connectivity index (χ2v) is 8.70. The van der Waals surface area contributed by atoms with Gasteiger partial charge < -0.3 is 20.4 Å². The molecule has 2 saturated heterocycles. The van der Waals surface area contributed by atoms with E-state index in [9.17, 15) is 4.79 Å². The lowest BCUT2D eigenvalue weighted by Crippen LogP contribution is -2.56. The molecule has 30 heavy (non-hydrogen) atoms. The van der Waals surface area contributed by atoms with E-state index < -0.39 is 0 Å². The number of hydrogen-bond donors (Lipinski definition) is 1. The van der Waals surface area contributed by atoms with Gasteiger partial charge in [-0.15, -0.1) is 0 Å². The number of nitrogens with zero attached hydrogens (tertiary/aromatic N) is 4. The fourth-order valence-electron chi connectivity index (χ4n) is 4.74. The van der Waals surface area contributed by atoms with Crippen molar-refractivity contribution in [2.45, 2.75) is 24.9 Å². The Labute approximate surface area is 182 Å². The van der Waals surface area contributed by atoms with Gasteiger partial charge in [0.25, 0.3) is 0 Å². The van der Waals surface area contributed by atoms with Crippen molar-refractivity contribution in [2.75, 3.05) is 33.7 Å². The zero-order valence-corrected chi connectivity index (χ0v) is 18.2. The molecule has 2 aliphatic heterocycles. The number of likely N-dealkylation sites (N-methyl/N-ethyl adjacent to an activating group) is 2. The Balaban J connectivity index is 1.62. The van der Waals surface area contributed by atoms with E-state index >= 15 is 0 Å². The van der Waals surface area contributed by atoms with Crippen LogP contribution in [0.5, 0.6) is 0 Å². The van der Waals surface area contributed by atoms with E-state index in [4.69, 9.17) is 17.3 Å². The summed E-state index contributed by atoms with van der Waals surface area (Å²) in [6.45, 7) is 2.18. The molecule has 2 N–H and O–H groups in total. The van der Waals surface area contributed by atoms with E-state index in [0.29, 0.717) is 22.8 Å². The van der Waals surface area contributed by atoms with Gasteiger partial charge in [-0.25, -0.2) is 0 Å². The number of pyridine rings is 1. The lowest BCUT2D eigenvalue weighted by atomic mass is 10.1. The predicted molar refractivity (Wildman–Crippen MR) is 120 cm³/mol. The van der Waals surface area contributed by atoms with Crippen molar-refractivity contribution in [3.8, 4) is 0 Å². The highest BCUT2D eigenvalue weighted by Crippen LogP contribution is 2.31. The highest BCUT2D eigenvalue weighted by atomic mass is 35.5. The summed E-state index contributed by atoms with van der Waals surface area (Å²) in [5.74, 6) is 0.161. The van der Waals surface area contributed by atoms with Crippen LogP contribution in [0, 0.1) is 0 Å². The molecule has 1 aromatic heterocycles. The summed E-state index contributed by atoms with van der Waals surface area (Å²) in [5, 5.41) is 0.658. The van der Waals surface area contributed by atoms with Crippen LogP contribution in [0.2, 0.25) is 5.02 Å². The van der Waals surface area contributed by atoms with Crippen LogP contribution in [0.4, 0.5) is 0 Å². The number of fused-ring (bicyclic) bond motifs is 2. The molecule has 0 radical (unpaired) electrons. The SMILES string of the molecule is CN1C[C@H]2CC[C@@H](C1)N2C(=O)CN(C)/C(=C(\N)c1ccc(Cl)cc1)c1ccncc1. The Hall–Kier alpha value is -2.57. The first-order valence-electron chi connectivity index (χ1n) is 10.3. The normalized spacial score (nSPS) is 22.0. The smallest absolute Gasteiger partial charge is 0.242 e. The highest BCUT2D eigenvalue weighted by Gasteiger charge is 2.41. The lowest BCUT2D eigenvalue weighted by molar-refractivity contribution is -0.136. The van der Waals surface area contributed by atoms with Crippen molar-refractivity contribution in [1.82, 2.24) is 19.7 Å². The maximum Gasteiger partial charge on any atom is 0.242 e. The first-order valence-corrected chi connectivity index (χ1v) is 10.7. The molecular formula is C23H28ClN5O. The van der Waals surface area contributed by atoms with Gasteiger partial charge in [-0.1, -0.05) is 23.7 Å². The maximum atomic E-state index is 13.3. The predicted octanol–water partition coefficient (Wildman–Crippen LogP) is 2.76. The molecule has 2 aromatic rings. The lowest BCUT2D eigenvalue weighted by Gasteiger charge is -2.40. The monoisotopic (exact) mass is 425 g/mol. The van der Waals surface area contributed by atoms with Crippen LogP contribution in [0.15, 0.2) is 48.8 Å². The summed E-state index contributed by atoms with van der Waals surface area (Å²) in [5.41, 5.74) is 9.82. The largest absolute Gasteiger partial charge is 0.397 e. The van der Waals surface area contributed by atoms with Crippen molar-refractivity contribution in [3.05, 3.63) is 64.9 Å². The molecule has 2 aliphatic rings. The number of carbonyl (C=O) groups excluding carboxylic acids is 1. The average Bonchev–Trinajstić information content (AvgIpc) is 3.01. The van der Waals surface area contributed by atoms with E-state index in [-0.39, 0.29) is 12.5 Å². The highest BCUT2D eigenvalue weighted by molar-refractivity contribution is 6.30. The minimum absolute atomic E-state index is 0.161. The summed E-state index contributed by atoms with van der Waals surface area (Å²) < 4.78 is 0. The quantitative estimate of drug-likeness (QED) is 0.797. The molecule has 6 nitrogen and oxygen atoms in total. The Kier molecular flexibility index (Phi) is 5.97. The average molecular weight is 426 g/mol. The standard InChI is InChI=1S/C23H28ClN5O/c1-27-13-19-7-8-20(14-27)29(19)21(30)15-28(2)23(17-9-11-26-12-10-17)22(25)16-3-5-18(24)6-4-16/h3-6,9-12,19-20H,7-8,13-15,25H2,1-2H3/b23-22-/t19-,20+. The zero-order chi connectivity index (χ0) is 21.3. The van der Waals surface area contributed by atoms with Gasteiger partial charge in [0, 0.05) is 55.2 Å². The molecule has 7 heteroatoms. The van der Waals surface area contributed by atoms with E-state index in [1.807, 2.05) is 48.3 Å². The summed E-state index contributed by atoms with van der Waals surface area (Å²) in [6, 6.07) is 11.9. The Bertz CT molecular complexity index is 916. The van der Waals surface area contributed by atoms with Crippen LogP contribution in [0.3, 0.4) is 0 Å². The summed E-state index contributed by atoms with van der Waals surface area (Å²) in [7, 11) is 4.06. The van der Waals surface area contributed by atoms with Crippen LogP contribution < -0.4 is 5.73 Å². The second-order valence-electron chi connectivity index (χ2n) is 8.27. The molecule has 158 valence electrons. The number of piperazine rings is 1. The third-order valence-corrected chi connectivity index (χ3v) is 6.32. The minimum atomic E-state index is 0.161. The van der Waals surface area contributed by atoms with Crippen LogP contribution in [-0.2, 0) is 4.79 Å². The number of carbonyl (C=O) groups is 1.